The van der Waals surface area contributed by atoms with Gasteiger partial charge in [-0.2, -0.15) is 0 Å². The molecule has 1 aromatic heterocycles. The van der Waals surface area contributed by atoms with E-state index in [1.54, 1.807) is 4.90 Å². The van der Waals surface area contributed by atoms with Gasteiger partial charge in [0.1, 0.15) is 5.69 Å². The summed E-state index contributed by atoms with van der Waals surface area (Å²) in [5.74, 6) is 0.0555. The Hall–Kier alpha value is -2.07. The number of piperidine rings is 1. The molecule has 0 radical (unpaired) electrons. The summed E-state index contributed by atoms with van der Waals surface area (Å²) < 4.78 is 2.15. The molecular formula is C24H36N3O+. The highest BCUT2D eigenvalue weighted by Gasteiger charge is 2.21. The molecule has 4 heteroatoms. The van der Waals surface area contributed by atoms with E-state index in [9.17, 15) is 4.79 Å². The molecule has 1 unspecified atom stereocenters. The molecule has 1 aliphatic rings. The maximum Gasteiger partial charge on any atom is 0.268 e. The Labute approximate surface area is 169 Å². The third kappa shape index (κ3) is 5.05. The van der Waals surface area contributed by atoms with E-state index in [4.69, 9.17) is 0 Å². The normalized spacial score (nSPS) is 19.6. The van der Waals surface area contributed by atoms with Crippen LogP contribution < -0.4 is 10.2 Å². The molecule has 4 nitrogen and oxygen atoms in total. The van der Waals surface area contributed by atoms with Crippen LogP contribution in [0.1, 0.15) is 65.5 Å². The minimum absolute atomic E-state index is 0.0555. The molecule has 0 spiro atoms. The Balaban J connectivity index is 1.60. The smallest absolute Gasteiger partial charge is 0.268 e. The molecule has 28 heavy (non-hydrogen) atoms. The average Bonchev–Trinajstić information content (AvgIpc) is 2.93. The minimum atomic E-state index is 0.0555. The van der Waals surface area contributed by atoms with Crippen LogP contribution in [-0.4, -0.2) is 36.2 Å². The lowest BCUT2D eigenvalue weighted by Gasteiger charge is -2.30. The summed E-state index contributed by atoms with van der Waals surface area (Å²) in [6.45, 7) is 12.5. The van der Waals surface area contributed by atoms with Crippen molar-refractivity contribution < 1.29 is 9.69 Å². The van der Waals surface area contributed by atoms with E-state index in [1.807, 2.05) is 6.92 Å². The fourth-order valence-electron chi connectivity index (χ4n) is 4.57. The molecule has 0 saturated carbocycles. The van der Waals surface area contributed by atoms with Crippen molar-refractivity contribution in [2.45, 2.75) is 66.0 Å². The number of quaternary nitrogens is 1. The number of carbonyl (C=O) groups excluding carboxylic acids is 1. The maximum atomic E-state index is 12.9. The molecule has 2 aromatic rings. The number of aromatic nitrogens is 1. The van der Waals surface area contributed by atoms with Crippen LogP contribution in [0, 0.1) is 20.8 Å². The van der Waals surface area contributed by atoms with Gasteiger partial charge in [-0.3, -0.25) is 4.79 Å². The lowest BCUT2D eigenvalue weighted by atomic mass is 10.0. The van der Waals surface area contributed by atoms with E-state index in [0.717, 1.165) is 49.0 Å². The van der Waals surface area contributed by atoms with Crippen molar-refractivity contribution >= 4 is 5.91 Å². The first-order valence-corrected chi connectivity index (χ1v) is 10.8. The zero-order valence-electron chi connectivity index (χ0n) is 18.0. The van der Waals surface area contributed by atoms with Crippen LogP contribution in [0.25, 0.3) is 0 Å². The van der Waals surface area contributed by atoms with Crippen molar-refractivity contribution in [3.8, 4) is 0 Å². The Morgan fingerprint density at radius 2 is 2.04 bits per heavy atom. The van der Waals surface area contributed by atoms with Crippen LogP contribution in [-0.2, 0) is 6.54 Å². The molecule has 1 saturated heterocycles. The quantitative estimate of drug-likeness (QED) is 0.710. The highest BCUT2D eigenvalue weighted by molar-refractivity contribution is 5.94. The monoisotopic (exact) mass is 382 g/mol. The summed E-state index contributed by atoms with van der Waals surface area (Å²) in [7, 11) is 0. The Bertz CT molecular complexity index is 808. The molecule has 2 atom stereocenters. The van der Waals surface area contributed by atoms with Gasteiger partial charge in [0.2, 0.25) is 0 Å². The van der Waals surface area contributed by atoms with Gasteiger partial charge in [-0.1, -0.05) is 29.8 Å². The van der Waals surface area contributed by atoms with E-state index < -0.39 is 0 Å². The second-order valence-electron chi connectivity index (χ2n) is 8.56. The molecule has 1 aliphatic heterocycles. The van der Waals surface area contributed by atoms with Crippen molar-refractivity contribution in [3.05, 3.63) is 58.4 Å². The predicted molar refractivity (Wildman–Crippen MR) is 115 cm³/mol. The highest BCUT2D eigenvalue weighted by Crippen LogP contribution is 2.18. The highest BCUT2D eigenvalue weighted by atomic mass is 16.1. The molecule has 3 rings (SSSR count). The van der Waals surface area contributed by atoms with Crippen molar-refractivity contribution in [1.29, 1.82) is 0 Å². The van der Waals surface area contributed by atoms with Crippen LogP contribution in [0.3, 0.4) is 0 Å². The van der Waals surface area contributed by atoms with Crippen molar-refractivity contribution in [1.82, 2.24) is 9.88 Å². The standard InChI is InChI=1S/C24H35N3O/c1-18-9-7-11-22(15-18)17-27-21(4)16-19(2)23(27)24(28)25-12-8-14-26-13-6-5-10-20(26)3/h7,9,11,15-16,20H,5-6,8,10,12-14,17H2,1-4H3,(H,25,28)/p+1/t20-/m1/s1. The van der Waals surface area contributed by atoms with Crippen LogP contribution in [0.2, 0.25) is 0 Å². The van der Waals surface area contributed by atoms with E-state index in [2.05, 4.69) is 61.0 Å². The molecule has 2 heterocycles. The fraction of sp³-hybridized carbons (Fsp3) is 0.542. The SMILES string of the molecule is Cc1cccc(Cn2c(C)cc(C)c2C(=O)NCCC[NH+]2CCCC[C@H]2C)c1. The summed E-state index contributed by atoms with van der Waals surface area (Å²) in [5.41, 5.74) is 5.47. The summed E-state index contributed by atoms with van der Waals surface area (Å²) in [6, 6.07) is 11.4. The molecule has 1 aromatic carbocycles. The van der Waals surface area contributed by atoms with Gasteiger partial charge in [0, 0.05) is 25.2 Å². The first-order valence-electron chi connectivity index (χ1n) is 10.8. The Morgan fingerprint density at radius 1 is 1.21 bits per heavy atom. The second-order valence-corrected chi connectivity index (χ2v) is 8.56. The van der Waals surface area contributed by atoms with Crippen molar-refractivity contribution in [2.75, 3.05) is 19.6 Å². The number of amides is 1. The minimum Gasteiger partial charge on any atom is -0.351 e. The molecule has 1 amide bonds. The molecular weight excluding hydrogens is 346 g/mol. The number of carbonyl (C=O) groups is 1. The number of rotatable bonds is 7. The van der Waals surface area contributed by atoms with Crippen molar-refractivity contribution in [3.63, 3.8) is 0 Å². The first kappa shape index (κ1) is 20.7. The van der Waals surface area contributed by atoms with Gasteiger partial charge < -0.3 is 14.8 Å². The van der Waals surface area contributed by atoms with E-state index in [-0.39, 0.29) is 5.91 Å². The third-order valence-electron chi connectivity index (χ3n) is 6.18. The van der Waals surface area contributed by atoms with Crippen molar-refractivity contribution in [2.24, 2.45) is 0 Å². The second kappa shape index (κ2) is 9.42. The lowest BCUT2D eigenvalue weighted by Crippen LogP contribution is -3.16. The molecule has 2 N–H and O–H groups in total. The molecule has 0 aliphatic carbocycles. The van der Waals surface area contributed by atoms with Crippen LogP contribution in [0.4, 0.5) is 0 Å². The number of nitrogens with one attached hydrogen (secondary N) is 2. The van der Waals surface area contributed by atoms with Gasteiger partial charge in [-0.15, -0.1) is 0 Å². The molecule has 1 fully saturated rings. The topological polar surface area (TPSA) is 38.5 Å². The Kier molecular flexibility index (Phi) is 6.95. The predicted octanol–water partition coefficient (Wildman–Crippen LogP) is 3.04. The molecule has 152 valence electrons. The lowest BCUT2D eigenvalue weighted by molar-refractivity contribution is -0.928. The van der Waals surface area contributed by atoms with Crippen LogP contribution in [0.15, 0.2) is 30.3 Å². The number of aryl methyl sites for hydroxylation is 3. The summed E-state index contributed by atoms with van der Waals surface area (Å²) in [4.78, 5) is 14.6. The number of hydrogen-bond acceptors (Lipinski definition) is 1. The van der Waals surface area contributed by atoms with Crippen LogP contribution in [0.5, 0.6) is 0 Å². The van der Waals surface area contributed by atoms with Gasteiger partial charge >= 0.3 is 0 Å². The van der Waals surface area contributed by atoms with E-state index >= 15 is 0 Å². The average molecular weight is 383 g/mol. The van der Waals surface area contributed by atoms with Gasteiger partial charge in [0.05, 0.1) is 19.1 Å². The number of benzene rings is 1. The maximum absolute atomic E-state index is 12.9. The largest absolute Gasteiger partial charge is 0.351 e. The number of nitrogens with zero attached hydrogens (tertiary/aromatic N) is 1. The molecule has 0 bridgehead atoms. The summed E-state index contributed by atoms with van der Waals surface area (Å²) in [6.07, 6.45) is 5.10. The summed E-state index contributed by atoms with van der Waals surface area (Å²) >= 11 is 0. The van der Waals surface area contributed by atoms with Gasteiger partial charge in [-0.05, 0) is 64.2 Å². The van der Waals surface area contributed by atoms with Gasteiger partial charge in [0.15, 0.2) is 0 Å². The van der Waals surface area contributed by atoms with E-state index in [1.165, 1.54) is 36.9 Å². The first-order chi connectivity index (χ1) is 13.5. The Morgan fingerprint density at radius 3 is 2.79 bits per heavy atom. The van der Waals surface area contributed by atoms with Crippen LogP contribution >= 0.6 is 0 Å². The zero-order chi connectivity index (χ0) is 20.1. The van der Waals surface area contributed by atoms with Gasteiger partial charge in [-0.25, -0.2) is 0 Å². The number of hydrogen-bond donors (Lipinski definition) is 2. The number of likely N-dealkylation sites (tertiary alicyclic amines) is 1. The van der Waals surface area contributed by atoms with Gasteiger partial charge in [0.25, 0.3) is 5.91 Å². The summed E-state index contributed by atoms with van der Waals surface area (Å²) in [5, 5.41) is 3.17. The fourth-order valence-corrected chi connectivity index (χ4v) is 4.57. The van der Waals surface area contributed by atoms with E-state index in [0.29, 0.717) is 0 Å². The zero-order valence-corrected chi connectivity index (χ0v) is 18.0. The third-order valence-corrected chi connectivity index (χ3v) is 6.18.